The van der Waals surface area contributed by atoms with Crippen LogP contribution in [0.2, 0.25) is 0 Å². The lowest BCUT2D eigenvalue weighted by Crippen LogP contribution is -2.22. The van der Waals surface area contributed by atoms with Crippen molar-refractivity contribution in [2.75, 3.05) is 0 Å². The van der Waals surface area contributed by atoms with Crippen molar-refractivity contribution in [3.63, 3.8) is 0 Å². The standard InChI is InChI=1S/C13H13FN2O/c14-11-3-1-2-8-6-9(7-15-10-4-5-10)13(17)16-12(8)11/h1-3,6,10,15H,4-5,7H2,(H,16,17). The number of aromatic amines is 1. The van der Waals surface area contributed by atoms with Crippen molar-refractivity contribution >= 4 is 10.9 Å². The van der Waals surface area contributed by atoms with Gasteiger partial charge in [-0.2, -0.15) is 0 Å². The molecular weight excluding hydrogens is 219 g/mol. The Bertz CT molecular complexity index is 616. The number of benzene rings is 1. The summed E-state index contributed by atoms with van der Waals surface area (Å²) in [4.78, 5) is 14.4. The first-order valence-corrected chi connectivity index (χ1v) is 5.78. The fourth-order valence-corrected chi connectivity index (χ4v) is 1.91. The van der Waals surface area contributed by atoms with Crippen LogP contribution in [0.15, 0.2) is 29.1 Å². The monoisotopic (exact) mass is 232 g/mol. The summed E-state index contributed by atoms with van der Waals surface area (Å²) in [6.45, 7) is 0.548. The molecule has 0 unspecified atom stereocenters. The largest absolute Gasteiger partial charge is 0.319 e. The van der Waals surface area contributed by atoms with Gasteiger partial charge in [-0.25, -0.2) is 4.39 Å². The van der Waals surface area contributed by atoms with Gasteiger partial charge in [-0.3, -0.25) is 4.79 Å². The Morgan fingerprint density at radius 3 is 3.00 bits per heavy atom. The van der Waals surface area contributed by atoms with Gasteiger partial charge in [0.2, 0.25) is 0 Å². The molecule has 2 aromatic rings. The predicted molar refractivity (Wildman–Crippen MR) is 64.4 cm³/mol. The molecule has 1 aromatic carbocycles. The maximum Gasteiger partial charge on any atom is 0.253 e. The number of H-pyrrole nitrogens is 1. The maximum absolute atomic E-state index is 13.4. The van der Waals surface area contributed by atoms with Gasteiger partial charge >= 0.3 is 0 Å². The van der Waals surface area contributed by atoms with E-state index in [1.807, 2.05) is 0 Å². The van der Waals surface area contributed by atoms with Crippen LogP contribution in [0.1, 0.15) is 18.4 Å². The number of hydrogen-bond acceptors (Lipinski definition) is 2. The van der Waals surface area contributed by atoms with E-state index in [4.69, 9.17) is 0 Å². The molecule has 88 valence electrons. The van der Waals surface area contributed by atoms with Crippen molar-refractivity contribution in [2.45, 2.75) is 25.4 Å². The zero-order chi connectivity index (χ0) is 11.8. The zero-order valence-corrected chi connectivity index (χ0v) is 9.29. The Morgan fingerprint density at radius 2 is 2.24 bits per heavy atom. The lowest BCUT2D eigenvalue weighted by Gasteiger charge is -2.04. The Hall–Kier alpha value is -1.68. The average molecular weight is 232 g/mol. The highest BCUT2D eigenvalue weighted by atomic mass is 19.1. The van der Waals surface area contributed by atoms with E-state index in [0.717, 1.165) is 5.39 Å². The van der Waals surface area contributed by atoms with Crippen molar-refractivity contribution in [3.05, 3.63) is 46.0 Å². The van der Waals surface area contributed by atoms with E-state index in [1.54, 1.807) is 18.2 Å². The first-order chi connectivity index (χ1) is 8.24. The third-order valence-corrected chi connectivity index (χ3v) is 3.06. The van der Waals surface area contributed by atoms with Crippen LogP contribution in [0.4, 0.5) is 4.39 Å². The summed E-state index contributed by atoms with van der Waals surface area (Å²) in [5.41, 5.74) is 0.735. The topological polar surface area (TPSA) is 44.9 Å². The minimum Gasteiger partial charge on any atom is -0.319 e. The second-order valence-electron chi connectivity index (χ2n) is 4.48. The zero-order valence-electron chi connectivity index (χ0n) is 9.29. The van der Waals surface area contributed by atoms with E-state index in [9.17, 15) is 9.18 Å². The number of fused-ring (bicyclic) bond motifs is 1. The van der Waals surface area contributed by atoms with Crippen molar-refractivity contribution in [2.24, 2.45) is 0 Å². The molecule has 0 atom stereocenters. The summed E-state index contributed by atoms with van der Waals surface area (Å²) < 4.78 is 13.4. The van der Waals surface area contributed by atoms with Crippen molar-refractivity contribution in [1.82, 2.24) is 10.3 Å². The normalized spacial score (nSPS) is 15.4. The molecule has 0 bridgehead atoms. The summed E-state index contributed by atoms with van der Waals surface area (Å²) >= 11 is 0. The van der Waals surface area contributed by atoms with Crippen LogP contribution in [0.5, 0.6) is 0 Å². The Kier molecular flexibility index (Phi) is 2.44. The van der Waals surface area contributed by atoms with Crippen molar-refractivity contribution in [3.8, 4) is 0 Å². The molecule has 3 rings (SSSR count). The predicted octanol–water partition coefficient (Wildman–Crippen LogP) is 1.92. The van der Waals surface area contributed by atoms with Gasteiger partial charge in [-0.05, 0) is 25.0 Å². The van der Waals surface area contributed by atoms with Crippen LogP contribution in [0.25, 0.3) is 10.9 Å². The summed E-state index contributed by atoms with van der Waals surface area (Å²) in [5.74, 6) is -0.388. The molecule has 0 amide bonds. The highest BCUT2D eigenvalue weighted by molar-refractivity contribution is 5.79. The number of rotatable bonds is 3. The first kappa shape index (κ1) is 10.5. The lowest BCUT2D eigenvalue weighted by molar-refractivity contribution is 0.635. The van der Waals surface area contributed by atoms with Crippen LogP contribution in [-0.4, -0.2) is 11.0 Å². The number of halogens is 1. The third-order valence-electron chi connectivity index (χ3n) is 3.06. The number of para-hydroxylation sites is 1. The van der Waals surface area contributed by atoms with Gasteiger partial charge < -0.3 is 10.3 Å². The molecule has 1 heterocycles. The first-order valence-electron chi connectivity index (χ1n) is 5.78. The van der Waals surface area contributed by atoms with Gasteiger partial charge in [-0.1, -0.05) is 12.1 Å². The van der Waals surface area contributed by atoms with Gasteiger partial charge in [0.1, 0.15) is 5.82 Å². The fourth-order valence-electron chi connectivity index (χ4n) is 1.91. The van der Waals surface area contributed by atoms with E-state index in [-0.39, 0.29) is 16.9 Å². The molecule has 1 saturated carbocycles. The average Bonchev–Trinajstić information content (AvgIpc) is 3.12. The fraction of sp³-hybridized carbons (Fsp3) is 0.308. The molecule has 1 aromatic heterocycles. The van der Waals surface area contributed by atoms with Crippen LogP contribution in [0.3, 0.4) is 0 Å². The second kappa shape index (κ2) is 3.96. The highest BCUT2D eigenvalue weighted by Crippen LogP contribution is 2.19. The van der Waals surface area contributed by atoms with Crippen LogP contribution < -0.4 is 10.9 Å². The number of nitrogens with one attached hydrogen (secondary N) is 2. The SMILES string of the molecule is O=c1[nH]c2c(F)cccc2cc1CNC1CC1. The van der Waals surface area contributed by atoms with Crippen LogP contribution >= 0.6 is 0 Å². The van der Waals surface area contributed by atoms with E-state index in [1.165, 1.54) is 18.9 Å². The molecule has 0 spiro atoms. The number of aromatic nitrogens is 1. The van der Waals surface area contributed by atoms with Crippen molar-refractivity contribution < 1.29 is 4.39 Å². The lowest BCUT2D eigenvalue weighted by atomic mass is 10.1. The van der Waals surface area contributed by atoms with Crippen LogP contribution in [-0.2, 0) is 6.54 Å². The van der Waals surface area contributed by atoms with Crippen molar-refractivity contribution in [1.29, 1.82) is 0 Å². The van der Waals surface area contributed by atoms with E-state index < -0.39 is 0 Å². The van der Waals surface area contributed by atoms with Gasteiger partial charge in [0.25, 0.3) is 5.56 Å². The van der Waals surface area contributed by atoms with Crippen LogP contribution in [0, 0.1) is 5.82 Å². The maximum atomic E-state index is 13.4. The van der Waals surface area contributed by atoms with E-state index >= 15 is 0 Å². The second-order valence-corrected chi connectivity index (χ2v) is 4.48. The Labute approximate surface area is 97.7 Å². The molecular formula is C13H13FN2O. The highest BCUT2D eigenvalue weighted by Gasteiger charge is 2.20. The number of pyridine rings is 1. The summed E-state index contributed by atoms with van der Waals surface area (Å²) in [5, 5.41) is 4.01. The quantitative estimate of drug-likeness (QED) is 0.849. The molecule has 0 aliphatic heterocycles. The van der Waals surface area contributed by atoms with E-state index in [2.05, 4.69) is 10.3 Å². The molecule has 1 aliphatic rings. The molecule has 0 radical (unpaired) electrons. The van der Waals surface area contributed by atoms with Gasteiger partial charge in [-0.15, -0.1) is 0 Å². The molecule has 0 saturated heterocycles. The minimum absolute atomic E-state index is 0.212. The van der Waals surface area contributed by atoms with Gasteiger partial charge in [0.15, 0.2) is 0 Å². The molecule has 1 fully saturated rings. The summed E-state index contributed by atoms with van der Waals surface area (Å²) in [6, 6.07) is 7.11. The Balaban J connectivity index is 2.01. The molecule has 1 aliphatic carbocycles. The van der Waals surface area contributed by atoms with Gasteiger partial charge in [0, 0.05) is 23.5 Å². The molecule has 2 N–H and O–H groups in total. The molecule has 17 heavy (non-hydrogen) atoms. The smallest absolute Gasteiger partial charge is 0.253 e. The minimum atomic E-state index is -0.388. The summed E-state index contributed by atoms with van der Waals surface area (Å²) in [6.07, 6.45) is 2.36. The number of hydrogen-bond donors (Lipinski definition) is 2. The molecule has 4 heteroatoms. The van der Waals surface area contributed by atoms with E-state index in [0.29, 0.717) is 18.2 Å². The third kappa shape index (κ3) is 2.08. The molecule has 3 nitrogen and oxygen atoms in total. The van der Waals surface area contributed by atoms with Gasteiger partial charge in [0.05, 0.1) is 5.52 Å². The Morgan fingerprint density at radius 1 is 1.41 bits per heavy atom. The summed E-state index contributed by atoms with van der Waals surface area (Å²) in [7, 11) is 0.